The van der Waals surface area contributed by atoms with E-state index in [1.165, 1.54) is 17.0 Å². The standard InChI is InChI=1S/C26H24F3NO5/c1-3-11-34-23-17-7-5-6-8-18(17)24(35-26(28)29)22-19(23)14-30(25(22)32)16-10-9-15(20(27)13-16)12-21(31)33-4-2/h5-10,13,26H,3-4,11-12,14H2,1-2H3. The van der Waals surface area contributed by atoms with Crippen molar-refractivity contribution >= 4 is 28.3 Å². The van der Waals surface area contributed by atoms with Crippen molar-refractivity contribution in [3.63, 3.8) is 0 Å². The van der Waals surface area contributed by atoms with Gasteiger partial charge in [-0.25, -0.2) is 4.39 Å². The lowest BCUT2D eigenvalue weighted by atomic mass is 9.99. The number of alkyl halides is 2. The van der Waals surface area contributed by atoms with Gasteiger partial charge in [0.25, 0.3) is 5.91 Å². The van der Waals surface area contributed by atoms with Gasteiger partial charge in [0.15, 0.2) is 0 Å². The first-order valence-corrected chi connectivity index (χ1v) is 11.3. The van der Waals surface area contributed by atoms with Crippen LogP contribution in [0.1, 0.15) is 41.8 Å². The molecule has 0 aromatic heterocycles. The molecule has 0 saturated carbocycles. The van der Waals surface area contributed by atoms with Gasteiger partial charge >= 0.3 is 12.6 Å². The maximum atomic E-state index is 14.8. The fourth-order valence-electron chi connectivity index (χ4n) is 4.17. The molecule has 0 aliphatic carbocycles. The Morgan fingerprint density at radius 2 is 1.80 bits per heavy atom. The van der Waals surface area contributed by atoms with Gasteiger partial charge in [0.1, 0.15) is 17.3 Å². The third-order valence-electron chi connectivity index (χ3n) is 5.64. The van der Waals surface area contributed by atoms with E-state index in [4.69, 9.17) is 14.2 Å². The van der Waals surface area contributed by atoms with Crippen LogP contribution in [0.2, 0.25) is 0 Å². The molecule has 1 amide bonds. The SMILES string of the molecule is CCCOc1c2c(c(OC(F)F)c3ccccc13)C(=O)N(c1ccc(CC(=O)OCC)c(F)c1)C2. The second kappa shape index (κ2) is 10.2. The Morgan fingerprint density at radius 3 is 2.43 bits per heavy atom. The highest BCUT2D eigenvalue weighted by Gasteiger charge is 2.37. The van der Waals surface area contributed by atoms with E-state index < -0.39 is 24.3 Å². The van der Waals surface area contributed by atoms with Crippen LogP contribution in [0.25, 0.3) is 10.8 Å². The summed E-state index contributed by atoms with van der Waals surface area (Å²) < 4.78 is 57.2. The van der Waals surface area contributed by atoms with Crippen molar-refractivity contribution in [2.75, 3.05) is 18.1 Å². The van der Waals surface area contributed by atoms with Gasteiger partial charge in [-0.2, -0.15) is 8.78 Å². The van der Waals surface area contributed by atoms with Crippen LogP contribution in [-0.2, 0) is 22.5 Å². The van der Waals surface area contributed by atoms with Crippen LogP contribution >= 0.6 is 0 Å². The van der Waals surface area contributed by atoms with Gasteiger partial charge in [-0.1, -0.05) is 37.3 Å². The molecular formula is C26H24F3NO5. The summed E-state index contributed by atoms with van der Waals surface area (Å²) in [6.07, 6.45) is 0.448. The smallest absolute Gasteiger partial charge is 0.387 e. The number of fused-ring (bicyclic) bond motifs is 2. The molecule has 9 heteroatoms. The number of nitrogens with zero attached hydrogens (tertiary/aromatic N) is 1. The van der Waals surface area contributed by atoms with Crippen molar-refractivity contribution in [1.82, 2.24) is 0 Å². The van der Waals surface area contributed by atoms with Crippen molar-refractivity contribution < 1.29 is 37.0 Å². The van der Waals surface area contributed by atoms with Gasteiger partial charge in [-0.05, 0) is 31.0 Å². The van der Waals surface area contributed by atoms with Crippen LogP contribution in [0.4, 0.5) is 18.9 Å². The molecule has 4 rings (SSSR count). The number of hydrogen-bond acceptors (Lipinski definition) is 5. The Bertz CT molecular complexity index is 1280. The van der Waals surface area contributed by atoms with E-state index in [9.17, 15) is 22.8 Å². The van der Waals surface area contributed by atoms with Crippen molar-refractivity contribution in [2.24, 2.45) is 0 Å². The van der Waals surface area contributed by atoms with E-state index in [2.05, 4.69) is 0 Å². The van der Waals surface area contributed by atoms with Crippen LogP contribution < -0.4 is 14.4 Å². The summed E-state index contributed by atoms with van der Waals surface area (Å²) in [6, 6.07) is 10.7. The largest absolute Gasteiger partial charge is 0.493 e. The predicted molar refractivity (Wildman–Crippen MR) is 124 cm³/mol. The number of amides is 1. The monoisotopic (exact) mass is 487 g/mol. The van der Waals surface area contributed by atoms with Crippen molar-refractivity contribution in [3.8, 4) is 11.5 Å². The number of halogens is 3. The summed E-state index contributed by atoms with van der Waals surface area (Å²) in [7, 11) is 0. The number of hydrogen-bond donors (Lipinski definition) is 0. The lowest BCUT2D eigenvalue weighted by molar-refractivity contribution is -0.142. The summed E-state index contributed by atoms with van der Waals surface area (Å²) in [5.41, 5.74) is 0.695. The molecule has 3 aromatic rings. The molecule has 0 spiro atoms. The highest BCUT2D eigenvalue weighted by molar-refractivity contribution is 6.16. The van der Waals surface area contributed by atoms with Crippen LogP contribution in [0.3, 0.4) is 0 Å². The predicted octanol–water partition coefficient (Wildman–Crippen LogP) is 5.64. The molecule has 184 valence electrons. The summed E-state index contributed by atoms with van der Waals surface area (Å²) in [5.74, 6) is -1.69. The Hall–Kier alpha value is -3.75. The number of esters is 1. The molecule has 3 aromatic carbocycles. The Labute approximate surface area is 200 Å². The molecule has 0 atom stereocenters. The van der Waals surface area contributed by atoms with Gasteiger partial charge < -0.3 is 19.1 Å². The average molecular weight is 487 g/mol. The number of anilines is 1. The van der Waals surface area contributed by atoms with Gasteiger partial charge in [0, 0.05) is 22.0 Å². The van der Waals surface area contributed by atoms with Crippen LogP contribution in [-0.4, -0.2) is 31.7 Å². The van der Waals surface area contributed by atoms with Crippen molar-refractivity contribution in [2.45, 2.75) is 39.8 Å². The maximum Gasteiger partial charge on any atom is 0.387 e. The zero-order valence-corrected chi connectivity index (χ0v) is 19.3. The first-order chi connectivity index (χ1) is 16.8. The highest BCUT2D eigenvalue weighted by Crippen LogP contribution is 2.46. The van der Waals surface area contributed by atoms with Crippen LogP contribution in [0.5, 0.6) is 11.5 Å². The number of carbonyl (C=O) groups is 2. The minimum Gasteiger partial charge on any atom is -0.493 e. The number of benzene rings is 3. The first-order valence-electron chi connectivity index (χ1n) is 11.3. The maximum absolute atomic E-state index is 14.8. The number of ether oxygens (including phenoxy) is 3. The molecule has 0 N–H and O–H groups in total. The second-order valence-electron chi connectivity index (χ2n) is 7.93. The molecule has 0 unspecified atom stereocenters. The molecule has 6 nitrogen and oxygen atoms in total. The Kier molecular flexibility index (Phi) is 7.14. The van der Waals surface area contributed by atoms with Crippen molar-refractivity contribution in [1.29, 1.82) is 0 Å². The molecule has 0 radical (unpaired) electrons. The minimum absolute atomic E-state index is 0.0195. The summed E-state index contributed by atoms with van der Waals surface area (Å²) in [6.45, 7) is 0.951. The van der Waals surface area contributed by atoms with E-state index in [1.54, 1.807) is 31.2 Å². The zero-order valence-electron chi connectivity index (χ0n) is 19.3. The van der Waals surface area contributed by atoms with E-state index in [0.717, 1.165) is 6.07 Å². The molecular weight excluding hydrogens is 463 g/mol. The molecule has 0 saturated heterocycles. The highest BCUT2D eigenvalue weighted by atomic mass is 19.3. The van der Waals surface area contributed by atoms with E-state index in [1.807, 2.05) is 6.92 Å². The third-order valence-corrected chi connectivity index (χ3v) is 5.64. The quantitative estimate of drug-likeness (QED) is 0.366. The summed E-state index contributed by atoms with van der Waals surface area (Å²) >= 11 is 0. The molecule has 1 heterocycles. The van der Waals surface area contributed by atoms with Crippen molar-refractivity contribution in [3.05, 3.63) is 65.0 Å². The lowest BCUT2D eigenvalue weighted by Gasteiger charge is -2.17. The van der Waals surface area contributed by atoms with Gasteiger partial charge in [0.05, 0.1) is 31.7 Å². The Balaban J connectivity index is 1.79. The van der Waals surface area contributed by atoms with E-state index >= 15 is 0 Å². The van der Waals surface area contributed by atoms with Gasteiger partial charge in [-0.15, -0.1) is 0 Å². The van der Waals surface area contributed by atoms with Gasteiger partial charge in [0.2, 0.25) is 0 Å². The van der Waals surface area contributed by atoms with Gasteiger partial charge in [-0.3, -0.25) is 9.59 Å². The third kappa shape index (κ3) is 4.76. The fourth-order valence-corrected chi connectivity index (χ4v) is 4.17. The summed E-state index contributed by atoms with van der Waals surface area (Å²) in [4.78, 5) is 26.5. The zero-order chi connectivity index (χ0) is 25.1. The normalized spacial score (nSPS) is 12.9. The Morgan fingerprint density at radius 1 is 1.09 bits per heavy atom. The molecule has 1 aliphatic heterocycles. The molecule has 35 heavy (non-hydrogen) atoms. The van der Waals surface area contributed by atoms with Crippen LogP contribution in [0.15, 0.2) is 42.5 Å². The van der Waals surface area contributed by atoms with E-state index in [0.29, 0.717) is 35.1 Å². The average Bonchev–Trinajstić information content (AvgIpc) is 3.17. The first kappa shape index (κ1) is 24.4. The molecule has 0 bridgehead atoms. The minimum atomic E-state index is -3.15. The molecule has 0 fully saturated rings. The lowest BCUT2D eigenvalue weighted by Crippen LogP contribution is -2.23. The van der Waals surface area contributed by atoms with Crippen LogP contribution in [0, 0.1) is 5.82 Å². The topological polar surface area (TPSA) is 65.1 Å². The number of carbonyl (C=O) groups excluding carboxylic acids is 2. The number of rotatable bonds is 9. The second-order valence-corrected chi connectivity index (χ2v) is 7.93. The molecule has 1 aliphatic rings. The fraction of sp³-hybridized carbons (Fsp3) is 0.308. The summed E-state index contributed by atoms with van der Waals surface area (Å²) in [5, 5.41) is 0.866. The van der Waals surface area contributed by atoms with E-state index in [-0.39, 0.29) is 42.1 Å².